The van der Waals surface area contributed by atoms with E-state index in [1.165, 1.54) is 36.6 Å². The molecule has 0 saturated heterocycles. The molecule has 0 bridgehead atoms. The van der Waals surface area contributed by atoms with E-state index in [1.807, 2.05) is 12.3 Å². The molecular formula is C19H26N2. The Morgan fingerprint density at radius 1 is 1.29 bits per heavy atom. The Morgan fingerprint density at radius 2 is 2.19 bits per heavy atom. The van der Waals surface area contributed by atoms with E-state index < -0.39 is 0 Å². The zero-order valence-corrected chi connectivity index (χ0v) is 13.2. The second-order valence-corrected chi connectivity index (χ2v) is 6.46. The highest BCUT2D eigenvalue weighted by Gasteiger charge is 2.31. The van der Waals surface area contributed by atoms with Crippen LogP contribution in [0.1, 0.15) is 51.1 Å². The van der Waals surface area contributed by atoms with Crippen molar-refractivity contribution in [3.8, 4) is 0 Å². The summed E-state index contributed by atoms with van der Waals surface area (Å²) in [5.41, 5.74) is 2.53. The largest absolute Gasteiger partial charge is 0.310 e. The summed E-state index contributed by atoms with van der Waals surface area (Å²) in [6.45, 7) is 5.76. The number of fused-ring (bicyclic) bond motifs is 1. The van der Waals surface area contributed by atoms with E-state index in [1.54, 1.807) is 0 Å². The first-order valence-electron chi connectivity index (χ1n) is 8.37. The van der Waals surface area contributed by atoms with Crippen LogP contribution in [0.3, 0.4) is 0 Å². The minimum Gasteiger partial charge on any atom is -0.310 e. The maximum absolute atomic E-state index is 4.44. The summed E-state index contributed by atoms with van der Waals surface area (Å²) in [6, 6.07) is 11.5. The van der Waals surface area contributed by atoms with Crippen molar-refractivity contribution >= 4 is 10.9 Å². The van der Waals surface area contributed by atoms with Gasteiger partial charge in [0.15, 0.2) is 0 Å². The van der Waals surface area contributed by atoms with Crippen molar-refractivity contribution in [3.05, 3.63) is 42.1 Å². The van der Waals surface area contributed by atoms with Crippen molar-refractivity contribution in [1.29, 1.82) is 0 Å². The summed E-state index contributed by atoms with van der Waals surface area (Å²) < 4.78 is 0. The number of hydrogen-bond donors (Lipinski definition) is 1. The monoisotopic (exact) mass is 282 g/mol. The van der Waals surface area contributed by atoms with Crippen LogP contribution in [0, 0.1) is 11.8 Å². The number of benzene rings is 1. The zero-order valence-electron chi connectivity index (χ0n) is 13.2. The lowest BCUT2D eigenvalue weighted by molar-refractivity contribution is 0.302. The fourth-order valence-corrected chi connectivity index (χ4v) is 3.77. The maximum atomic E-state index is 4.44. The molecule has 1 aromatic carbocycles. The van der Waals surface area contributed by atoms with Crippen molar-refractivity contribution in [3.63, 3.8) is 0 Å². The molecule has 2 heteroatoms. The lowest BCUT2D eigenvalue weighted by Crippen LogP contribution is -2.30. The lowest BCUT2D eigenvalue weighted by atomic mass is 9.85. The van der Waals surface area contributed by atoms with E-state index in [2.05, 4.69) is 48.4 Å². The van der Waals surface area contributed by atoms with Crippen LogP contribution in [-0.4, -0.2) is 11.5 Å². The number of nitrogens with zero attached hydrogens (tertiary/aromatic N) is 1. The summed E-state index contributed by atoms with van der Waals surface area (Å²) in [5, 5.41) is 5.06. The van der Waals surface area contributed by atoms with Crippen LogP contribution in [0.5, 0.6) is 0 Å². The molecule has 21 heavy (non-hydrogen) atoms. The first kappa shape index (κ1) is 14.5. The van der Waals surface area contributed by atoms with Crippen LogP contribution >= 0.6 is 0 Å². The van der Waals surface area contributed by atoms with Gasteiger partial charge in [-0.15, -0.1) is 0 Å². The van der Waals surface area contributed by atoms with Crippen molar-refractivity contribution in [2.24, 2.45) is 11.8 Å². The van der Waals surface area contributed by atoms with Crippen LogP contribution < -0.4 is 5.32 Å². The Morgan fingerprint density at radius 3 is 2.95 bits per heavy atom. The molecule has 0 aliphatic heterocycles. The highest BCUT2D eigenvalue weighted by atomic mass is 14.9. The van der Waals surface area contributed by atoms with Gasteiger partial charge in [-0.2, -0.15) is 0 Å². The summed E-state index contributed by atoms with van der Waals surface area (Å²) in [4.78, 5) is 4.44. The van der Waals surface area contributed by atoms with Crippen molar-refractivity contribution in [1.82, 2.24) is 10.3 Å². The van der Waals surface area contributed by atoms with E-state index in [9.17, 15) is 0 Å². The first-order valence-corrected chi connectivity index (χ1v) is 8.37. The van der Waals surface area contributed by atoms with Crippen LogP contribution in [0.2, 0.25) is 0 Å². The molecule has 3 atom stereocenters. The van der Waals surface area contributed by atoms with Gasteiger partial charge in [0.05, 0.1) is 5.52 Å². The summed E-state index contributed by atoms with van der Waals surface area (Å²) >= 11 is 0. The molecule has 1 N–H and O–H groups in total. The molecule has 112 valence electrons. The van der Waals surface area contributed by atoms with Gasteiger partial charge in [0.2, 0.25) is 0 Å². The van der Waals surface area contributed by atoms with Crippen LogP contribution in [0.25, 0.3) is 10.9 Å². The van der Waals surface area contributed by atoms with Crippen LogP contribution in [0.15, 0.2) is 36.5 Å². The Kier molecular flexibility index (Phi) is 4.54. The standard InChI is InChI=1S/C19H26N2/c1-3-11-21-19(17-8-4-6-14(17)2)16-9-10-18-15(13-16)7-5-12-20-18/h5,7,9-10,12-14,17,19,21H,3-4,6,8,11H2,1-2H3. The van der Waals surface area contributed by atoms with Crippen LogP contribution in [0.4, 0.5) is 0 Å². The van der Waals surface area contributed by atoms with E-state index in [0.717, 1.165) is 23.9 Å². The highest BCUT2D eigenvalue weighted by Crippen LogP contribution is 2.40. The molecule has 2 aromatic rings. The Hall–Kier alpha value is -1.41. The SMILES string of the molecule is CCCNC(c1ccc2ncccc2c1)C1CCCC1C. The molecule has 1 fully saturated rings. The molecule has 2 nitrogen and oxygen atoms in total. The smallest absolute Gasteiger partial charge is 0.0702 e. The third-order valence-corrected chi connectivity index (χ3v) is 4.96. The normalized spacial score (nSPS) is 23.5. The third-order valence-electron chi connectivity index (χ3n) is 4.96. The zero-order chi connectivity index (χ0) is 14.7. The van der Waals surface area contributed by atoms with Gasteiger partial charge in [-0.25, -0.2) is 0 Å². The second kappa shape index (κ2) is 6.57. The van der Waals surface area contributed by atoms with E-state index in [0.29, 0.717) is 6.04 Å². The number of aromatic nitrogens is 1. The van der Waals surface area contributed by atoms with Crippen LogP contribution in [-0.2, 0) is 0 Å². The number of rotatable bonds is 5. The quantitative estimate of drug-likeness (QED) is 0.859. The van der Waals surface area contributed by atoms with Gasteiger partial charge < -0.3 is 5.32 Å². The van der Waals surface area contributed by atoms with E-state index in [-0.39, 0.29) is 0 Å². The molecule has 3 rings (SSSR count). The first-order chi connectivity index (χ1) is 10.3. The van der Waals surface area contributed by atoms with E-state index in [4.69, 9.17) is 0 Å². The number of hydrogen-bond acceptors (Lipinski definition) is 2. The van der Waals surface area contributed by atoms with E-state index >= 15 is 0 Å². The predicted molar refractivity (Wildman–Crippen MR) is 89.3 cm³/mol. The Balaban J connectivity index is 1.92. The Bertz CT molecular complexity index is 593. The van der Waals surface area contributed by atoms with Gasteiger partial charge in [-0.3, -0.25) is 4.98 Å². The number of nitrogens with one attached hydrogen (secondary N) is 1. The molecule has 3 unspecified atom stereocenters. The summed E-state index contributed by atoms with van der Waals surface area (Å²) in [5.74, 6) is 1.59. The lowest BCUT2D eigenvalue weighted by Gasteiger charge is -2.28. The van der Waals surface area contributed by atoms with Gasteiger partial charge >= 0.3 is 0 Å². The molecule has 0 spiro atoms. The van der Waals surface area contributed by atoms with Gasteiger partial charge in [0, 0.05) is 17.6 Å². The molecular weight excluding hydrogens is 256 g/mol. The van der Waals surface area contributed by atoms with Gasteiger partial charge in [-0.1, -0.05) is 38.8 Å². The van der Waals surface area contributed by atoms with Crippen molar-refractivity contribution in [2.45, 2.75) is 45.6 Å². The predicted octanol–water partition coefficient (Wildman–Crippen LogP) is 4.71. The Labute approximate surface area is 128 Å². The van der Waals surface area contributed by atoms with Crippen molar-refractivity contribution < 1.29 is 0 Å². The fraction of sp³-hybridized carbons (Fsp3) is 0.526. The molecule has 0 radical (unpaired) electrons. The van der Waals surface area contributed by atoms with Crippen molar-refractivity contribution in [2.75, 3.05) is 6.54 Å². The minimum absolute atomic E-state index is 0.493. The molecule has 1 heterocycles. The molecule has 1 aromatic heterocycles. The minimum atomic E-state index is 0.493. The second-order valence-electron chi connectivity index (χ2n) is 6.46. The molecule has 1 saturated carbocycles. The average molecular weight is 282 g/mol. The highest BCUT2D eigenvalue weighted by molar-refractivity contribution is 5.79. The molecule has 0 amide bonds. The fourth-order valence-electron chi connectivity index (χ4n) is 3.77. The summed E-state index contributed by atoms with van der Waals surface area (Å²) in [6.07, 6.45) is 7.17. The van der Waals surface area contributed by atoms with Gasteiger partial charge in [0.1, 0.15) is 0 Å². The molecule has 1 aliphatic carbocycles. The van der Waals surface area contributed by atoms with Gasteiger partial charge in [-0.05, 0) is 55.0 Å². The third kappa shape index (κ3) is 3.11. The summed E-state index contributed by atoms with van der Waals surface area (Å²) in [7, 11) is 0. The topological polar surface area (TPSA) is 24.9 Å². The maximum Gasteiger partial charge on any atom is 0.0702 e. The molecule has 1 aliphatic rings. The van der Waals surface area contributed by atoms with Gasteiger partial charge in [0.25, 0.3) is 0 Å². The number of pyridine rings is 1. The average Bonchev–Trinajstić information content (AvgIpc) is 2.94.